The number of hydrogen-bond donors (Lipinski definition) is 1. The molecule has 0 bridgehead atoms. The standard InChI is InChI=1S/C20H31NO3/c1-13(2)8-15-12-21-7-6-14-9-18(23-4)19(24-5)10-16(14)20(21,3)11-17(15)22/h9-10,13,15,17,22H,6-8,11-12H2,1-5H3. The van der Waals surface area contributed by atoms with Crippen LogP contribution in [0.15, 0.2) is 12.1 Å². The van der Waals surface area contributed by atoms with Crippen LogP contribution in [-0.2, 0) is 12.0 Å². The van der Waals surface area contributed by atoms with Gasteiger partial charge in [0.1, 0.15) is 0 Å². The minimum atomic E-state index is -0.243. The van der Waals surface area contributed by atoms with Gasteiger partial charge in [0.2, 0.25) is 0 Å². The summed E-state index contributed by atoms with van der Waals surface area (Å²) in [6, 6.07) is 4.24. The van der Waals surface area contributed by atoms with E-state index >= 15 is 0 Å². The number of hydrogen-bond acceptors (Lipinski definition) is 4. The molecule has 2 heterocycles. The number of aliphatic hydroxyl groups is 1. The van der Waals surface area contributed by atoms with Crippen LogP contribution in [0.3, 0.4) is 0 Å². The largest absolute Gasteiger partial charge is 0.493 e. The Morgan fingerprint density at radius 1 is 1.25 bits per heavy atom. The molecule has 0 radical (unpaired) electrons. The van der Waals surface area contributed by atoms with E-state index in [1.807, 2.05) is 0 Å². The maximum Gasteiger partial charge on any atom is 0.161 e. The summed E-state index contributed by atoms with van der Waals surface area (Å²) in [6.07, 6.45) is 2.66. The van der Waals surface area contributed by atoms with Crippen LogP contribution in [0.4, 0.5) is 0 Å². The third-order valence-corrected chi connectivity index (χ3v) is 5.92. The van der Waals surface area contributed by atoms with Crippen LogP contribution in [0.2, 0.25) is 0 Å². The third kappa shape index (κ3) is 2.91. The Kier molecular flexibility index (Phi) is 4.80. The van der Waals surface area contributed by atoms with Gasteiger partial charge >= 0.3 is 0 Å². The highest BCUT2D eigenvalue weighted by Gasteiger charge is 2.46. The van der Waals surface area contributed by atoms with Crippen molar-refractivity contribution in [1.82, 2.24) is 4.90 Å². The predicted octanol–water partition coefficient (Wildman–Crippen LogP) is 3.20. The van der Waals surface area contributed by atoms with Crippen LogP contribution < -0.4 is 9.47 Å². The zero-order chi connectivity index (χ0) is 17.5. The summed E-state index contributed by atoms with van der Waals surface area (Å²) in [4.78, 5) is 2.57. The van der Waals surface area contributed by atoms with Crippen LogP contribution in [0.1, 0.15) is 44.7 Å². The first-order valence-corrected chi connectivity index (χ1v) is 9.07. The van der Waals surface area contributed by atoms with Gasteiger partial charge in [-0.05, 0) is 61.3 Å². The molecule has 4 heteroatoms. The zero-order valence-corrected chi connectivity index (χ0v) is 15.6. The molecular weight excluding hydrogens is 302 g/mol. The number of methoxy groups -OCH3 is 2. The molecule has 4 nitrogen and oxygen atoms in total. The lowest BCUT2D eigenvalue weighted by molar-refractivity contribution is -0.0647. The number of ether oxygens (including phenoxy) is 2. The van der Waals surface area contributed by atoms with Crippen molar-refractivity contribution >= 4 is 0 Å². The molecule has 1 saturated heterocycles. The molecule has 134 valence electrons. The third-order valence-electron chi connectivity index (χ3n) is 5.92. The van der Waals surface area contributed by atoms with Gasteiger partial charge in [-0.3, -0.25) is 4.90 Å². The summed E-state index contributed by atoms with van der Waals surface area (Å²) in [6.45, 7) is 8.77. The van der Waals surface area contributed by atoms with Crippen molar-refractivity contribution in [3.8, 4) is 11.5 Å². The minimum Gasteiger partial charge on any atom is -0.493 e. The second-order valence-electron chi connectivity index (χ2n) is 8.00. The van der Waals surface area contributed by atoms with Crippen LogP contribution >= 0.6 is 0 Å². The summed E-state index contributed by atoms with van der Waals surface area (Å²) < 4.78 is 11.0. The molecule has 0 spiro atoms. The second-order valence-corrected chi connectivity index (χ2v) is 8.00. The molecule has 3 unspecified atom stereocenters. The van der Waals surface area contributed by atoms with E-state index in [-0.39, 0.29) is 11.6 Å². The molecule has 1 aromatic carbocycles. The highest BCUT2D eigenvalue weighted by molar-refractivity contribution is 5.51. The SMILES string of the molecule is COc1cc2c(cc1OC)C1(C)CC(O)C(CC(C)C)CN1CC2. The first-order chi connectivity index (χ1) is 11.4. The molecule has 24 heavy (non-hydrogen) atoms. The van der Waals surface area contributed by atoms with Gasteiger partial charge in [-0.2, -0.15) is 0 Å². The second kappa shape index (κ2) is 6.57. The average Bonchev–Trinajstić information content (AvgIpc) is 2.54. The molecule has 1 aromatic rings. The minimum absolute atomic E-state index is 0.125. The monoisotopic (exact) mass is 333 g/mol. The van der Waals surface area contributed by atoms with Gasteiger partial charge in [0, 0.05) is 18.6 Å². The molecule has 2 aliphatic heterocycles. The topological polar surface area (TPSA) is 41.9 Å². The highest BCUT2D eigenvalue weighted by atomic mass is 16.5. The van der Waals surface area contributed by atoms with Crippen LogP contribution in [-0.4, -0.2) is 43.4 Å². The Balaban J connectivity index is 1.96. The van der Waals surface area contributed by atoms with E-state index in [2.05, 4.69) is 37.8 Å². The van der Waals surface area contributed by atoms with Crippen molar-refractivity contribution in [2.75, 3.05) is 27.3 Å². The van der Waals surface area contributed by atoms with Gasteiger partial charge in [-0.1, -0.05) is 13.8 Å². The highest BCUT2D eigenvalue weighted by Crippen LogP contribution is 2.47. The van der Waals surface area contributed by atoms with E-state index < -0.39 is 0 Å². The maximum atomic E-state index is 10.8. The number of benzene rings is 1. The molecule has 0 amide bonds. The number of piperidine rings is 1. The van der Waals surface area contributed by atoms with Crippen molar-refractivity contribution in [3.63, 3.8) is 0 Å². The van der Waals surface area contributed by atoms with E-state index in [1.165, 1.54) is 11.1 Å². The Morgan fingerprint density at radius 2 is 1.92 bits per heavy atom. The summed E-state index contributed by atoms with van der Waals surface area (Å²) in [5, 5.41) is 10.8. The van der Waals surface area contributed by atoms with Gasteiger partial charge in [0.15, 0.2) is 11.5 Å². The van der Waals surface area contributed by atoms with Crippen molar-refractivity contribution in [2.24, 2.45) is 11.8 Å². The fourth-order valence-corrected chi connectivity index (χ4v) is 4.65. The fourth-order valence-electron chi connectivity index (χ4n) is 4.65. The Labute approximate surface area is 145 Å². The van der Waals surface area contributed by atoms with Gasteiger partial charge < -0.3 is 14.6 Å². The lowest BCUT2D eigenvalue weighted by Gasteiger charge is -2.53. The van der Waals surface area contributed by atoms with Gasteiger partial charge in [-0.15, -0.1) is 0 Å². The van der Waals surface area contributed by atoms with Crippen LogP contribution in [0, 0.1) is 11.8 Å². The van der Waals surface area contributed by atoms with Crippen LogP contribution in [0.25, 0.3) is 0 Å². The molecule has 0 aromatic heterocycles. The summed E-state index contributed by atoms with van der Waals surface area (Å²) in [5.41, 5.74) is 2.48. The molecule has 3 atom stereocenters. The predicted molar refractivity (Wildman–Crippen MR) is 95.7 cm³/mol. The first kappa shape index (κ1) is 17.6. The normalized spacial score (nSPS) is 30.0. The summed E-state index contributed by atoms with van der Waals surface area (Å²) >= 11 is 0. The zero-order valence-electron chi connectivity index (χ0n) is 15.6. The number of rotatable bonds is 4. The summed E-state index contributed by atoms with van der Waals surface area (Å²) in [7, 11) is 3.36. The van der Waals surface area contributed by atoms with Crippen molar-refractivity contribution < 1.29 is 14.6 Å². The van der Waals surface area contributed by atoms with Gasteiger partial charge in [0.25, 0.3) is 0 Å². The van der Waals surface area contributed by atoms with Crippen molar-refractivity contribution in [2.45, 2.75) is 51.7 Å². The molecule has 1 fully saturated rings. The van der Waals surface area contributed by atoms with E-state index in [4.69, 9.17) is 9.47 Å². The molecule has 2 aliphatic rings. The molecule has 1 N–H and O–H groups in total. The number of aliphatic hydroxyl groups excluding tert-OH is 1. The Morgan fingerprint density at radius 3 is 2.54 bits per heavy atom. The van der Waals surface area contributed by atoms with E-state index in [1.54, 1.807) is 14.2 Å². The fraction of sp³-hybridized carbons (Fsp3) is 0.700. The lowest BCUT2D eigenvalue weighted by atomic mass is 9.71. The van der Waals surface area contributed by atoms with E-state index in [0.29, 0.717) is 11.8 Å². The van der Waals surface area contributed by atoms with Gasteiger partial charge in [-0.25, -0.2) is 0 Å². The smallest absolute Gasteiger partial charge is 0.161 e. The molecular formula is C20H31NO3. The molecule has 3 rings (SSSR count). The van der Waals surface area contributed by atoms with Crippen LogP contribution in [0.5, 0.6) is 11.5 Å². The maximum absolute atomic E-state index is 10.8. The molecule has 0 saturated carbocycles. The Bertz CT molecular complexity index is 601. The first-order valence-electron chi connectivity index (χ1n) is 9.07. The van der Waals surface area contributed by atoms with E-state index in [0.717, 1.165) is 43.9 Å². The number of nitrogens with zero attached hydrogens (tertiary/aromatic N) is 1. The Hall–Kier alpha value is -1.26. The summed E-state index contributed by atoms with van der Waals surface area (Å²) in [5.74, 6) is 2.57. The quantitative estimate of drug-likeness (QED) is 0.919. The van der Waals surface area contributed by atoms with Crippen molar-refractivity contribution in [1.29, 1.82) is 0 Å². The van der Waals surface area contributed by atoms with Gasteiger partial charge in [0.05, 0.1) is 20.3 Å². The lowest BCUT2D eigenvalue weighted by Crippen LogP contribution is -2.58. The average molecular weight is 333 g/mol. The van der Waals surface area contributed by atoms with E-state index in [9.17, 15) is 5.11 Å². The van der Waals surface area contributed by atoms with Crippen molar-refractivity contribution in [3.05, 3.63) is 23.3 Å². The number of fused-ring (bicyclic) bond motifs is 3. The molecule has 0 aliphatic carbocycles.